The van der Waals surface area contributed by atoms with E-state index in [4.69, 9.17) is 18.9 Å². The zero-order chi connectivity index (χ0) is 26.0. The zero-order valence-corrected chi connectivity index (χ0v) is 20.4. The lowest BCUT2D eigenvalue weighted by Gasteiger charge is -2.49. The van der Waals surface area contributed by atoms with Crippen molar-refractivity contribution in [2.45, 2.75) is 116 Å². The summed E-state index contributed by atoms with van der Waals surface area (Å²) in [7, 11) is 0. The maximum absolute atomic E-state index is 16.4. The van der Waals surface area contributed by atoms with E-state index in [2.05, 4.69) is 0 Å². The van der Waals surface area contributed by atoms with Crippen LogP contribution in [-0.2, 0) is 18.9 Å². The van der Waals surface area contributed by atoms with Crippen LogP contribution in [-0.4, -0.2) is 61.9 Å². The van der Waals surface area contributed by atoms with E-state index in [0.29, 0.717) is 6.42 Å². The highest BCUT2D eigenvalue weighted by molar-refractivity contribution is 5.11. The molecule has 1 atom stereocenters. The highest BCUT2D eigenvalue weighted by Gasteiger charge is 2.84. The van der Waals surface area contributed by atoms with Crippen LogP contribution in [0.2, 0.25) is 0 Å². The van der Waals surface area contributed by atoms with Crippen molar-refractivity contribution >= 4 is 0 Å². The lowest BCUT2D eigenvalue weighted by Crippen LogP contribution is -2.73. The normalized spacial score (nSPS) is 15.8. The maximum atomic E-state index is 16.4. The van der Waals surface area contributed by atoms with Gasteiger partial charge in [0.1, 0.15) is 0 Å². The van der Waals surface area contributed by atoms with Crippen molar-refractivity contribution in [3.8, 4) is 0 Å². The van der Waals surface area contributed by atoms with Gasteiger partial charge in [0, 0.05) is 32.8 Å². The molecule has 0 aromatic carbocycles. The predicted molar refractivity (Wildman–Crippen MR) is 111 cm³/mol. The van der Waals surface area contributed by atoms with Gasteiger partial charge >= 0.3 is 23.7 Å². The van der Waals surface area contributed by atoms with Gasteiger partial charge < -0.3 is 18.9 Å². The molecular formula is C22H39F7O4. The van der Waals surface area contributed by atoms with Crippen LogP contribution in [0, 0.1) is 0 Å². The first-order valence-electron chi connectivity index (χ1n) is 11.5. The lowest BCUT2D eigenvalue weighted by molar-refractivity contribution is -0.476. The Morgan fingerprint density at radius 2 is 1.12 bits per heavy atom. The summed E-state index contributed by atoms with van der Waals surface area (Å²) in [6.07, 6.45) is -3.61. The van der Waals surface area contributed by atoms with Gasteiger partial charge in [-0.2, -0.15) is 26.3 Å². The molecule has 0 heterocycles. The summed E-state index contributed by atoms with van der Waals surface area (Å²) in [6.45, 7) is 7.06. The Balaban J connectivity index is 6.56. The minimum atomic E-state index is -6.06. The summed E-state index contributed by atoms with van der Waals surface area (Å²) >= 11 is 0. The van der Waals surface area contributed by atoms with Crippen LogP contribution >= 0.6 is 0 Å². The van der Waals surface area contributed by atoms with Crippen molar-refractivity contribution in [3.05, 3.63) is 0 Å². The molecule has 0 aromatic heterocycles. The molecule has 0 N–H and O–H groups in total. The van der Waals surface area contributed by atoms with Crippen molar-refractivity contribution in [1.29, 1.82) is 0 Å². The first-order chi connectivity index (χ1) is 15.2. The number of halogens is 7. The van der Waals surface area contributed by atoms with Crippen LogP contribution in [0.1, 0.15) is 80.1 Å². The highest BCUT2D eigenvalue weighted by atomic mass is 19.3. The second-order valence-electron chi connectivity index (χ2n) is 7.99. The van der Waals surface area contributed by atoms with Crippen LogP contribution in [0.3, 0.4) is 0 Å². The van der Waals surface area contributed by atoms with Crippen LogP contribution in [0.5, 0.6) is 0 Å². The molecule has 0 bridgehead atoms. The lowest BCUT2D eigenvalue weighted by atomic mass is 9.82. The molecule has 0 aliphatic carbocycles. The standard InChI is InChI=1S/C22H39F7O4/c1-7-11-12-15-19(24,25)21(28,29)20(26,27)18(23,14-13-16-30-17(5)6)22(31-8-2,32-9-3)33-10-4/h17H,7-16H2,1-6H3. The van der Waals surface area contributed by atoms with Crippen LogP contribution in [0.25, 0.3) is 0 Å². The average molecular weight is 501 g/mol. The van der Waals surface area contributed by atoms with E-state index < -0.39 is 74.9 Å². The number of hydrogen-bond donors (Lipinski definition) is 0. The monoisotopic (exact) mass is 500 g/mol. The third-order valence-corrected chi connectivity index (χ3v) is 5.05. The Labute approximate surface area is 192 Å². The average Bonchev–Trinajstić information content (AvgIpc) is 2.71. The molecule has 0 amide bonds. The van der Waals surface area contributed by atoms with E-state index in [0.717, 1.165) is 0 Å². The molecule has 33 heavy (non-hydrogen) atoms. The van der Waals surface area contributed by atoms with Crippen LogP contribution in [0.15, 0.2) is 0 Å². The molecule has 0 saturated heterocycles. The quantitative estimate of drug-likeness (QED) is 0.107. The Bertz CT molecular complexity index is 530. The van der Waals surface area contributed by atoms with E-state index in [9.17, 15) is 17.6 Å². The summed E-state index contributed by atoms with van der Waals surface area (Å²) in [5.41, 5.74) is -4.47. The molecule has 0 fully saturated rings. The Morgan fingerprint density at radius 3 is 1.52 bits per heavy atom. The number of unbranched alkanes of at least 4 members (excludes halogenated alkanes) is 2. The smallest absolute Gasteiger partial charge is 0.375 e. The summed E-state index contributed by atoms with van der Waals surface area (Å²) in [4.78, 5) is 0. The largest absolute Gasteiger partial charge is 0.379 e. The van der Waals surface area contributed by atoms with Gasteiger partial charge in [-0.3, -0.25) is 0 Å². The van der Waals surface area contributed by atoms with E-state index in [-0.39, 0.29) is 19.1 Å². The summed E-state index contributed by atoms with van der Waals surface area (Å²) in [5.74, 6) is -20.5. The van der Waals surface area contributed by atoms with Gasteiger partial charge in [-0.1, -0.05) is 19.8 Å². The Hall–Kier alpha value is -0.650. The van der Waals surface area contributed by atoms with Crippen molar-refractivity contribution in [3.63, 3.8) is 0 Å². The molecule has 0 aromatic rings. The van der Waals surface area contributed by atoms with E-state index in [1.165, 1.54) is 20.8 Å². The summed E-state index contributed by atoms with van der Waals surface area (Å²) in [6, 6.07) is 0. The van der Waals surface area contributed by atoms with Gasteiger partial charge in [0.25, 0.3) is 5.67 Å². The number of ether oxygens (including phenoxy) is 4. The molecule has 200 valence electrons. The second-order valence-corrected chi connectivity index (χ2v) is 7.99. The first kappa shape index (κ1) is 32.4. The topological polar surface area (TPSA) is 36.9 Å². The molecule has 4 nitrogen and oxygen atoms in total. The molecular weight excluding hydrogens is 461 g/mol. The van der Waals surface area contributed by atoms with Gasteiger partial charge in [-0.05, 0) is 53.9 Å². The summed E-state index contributed by atoms with van der Waals surface area (Å²) < 4.78 is 126. The highest BCUT2D eigenvalue weighted by Crippen LogP contribution is 2.58. The minimum absolute atomic E-state index is 0.130. The number of rotatable bonds is 19. The van der Waals surface area contributed by atoms with E-state index in [1.54, 1.807) is 20.8 Å². The number of hydrogen-bond acceptors (Lipinski definition) is 4. The van der Waals surface area contributed by atoms with Gasteiger partial charge in [0.05, 0.1) is 6.10 Å². The third kappa shape index (κ3) is 7.18. The van der Waals surface area contributed by atoms with Gasteiger partial charge in [-0.15, -0.1) is 0 Å². The molecule has 0 radical (unpaired) electrons. The van der Waals surface area contributed by atoms with Gasteiger partial charge in [0.2, 0.25) is 0 Å². The fourth-order valence-electron chi connectivity index (χ4n) is 3.41. The fourth-order valence-corrected chi connectivity index (χ4v) is 3.41. The Kier molecular flexibility index (Phi) is 13.2. The maximum Gasteiger partial charge on any atom is 0.375 e. The molecule has 0 rings (SSSR count). The SMILES string of the molecule is CCCCCC(F)(F)C(F)(F)C(F)(F)C(F)(CCCOC(C)C)C(OCC)(OCC)OCC. The number of alkyl halides is 7. The fraction of sp³-hybridized carbons (Fsp3) is 1.00. The molecule has 0 spiro atoms. The van der Waals surface area contributed by atoms with Crippen LogP contribution in [0.4, 0.5) is 30.7 Å². The first-order valence-corrected chi connectivity index (χ1v) is 11.5. The van der Waals surface area contributed by atoms with E-state index in [1.807, 2.05) is 0 Å². The van der Waals surface area contributed by atoms with Gasteiger partial charge in [-0.25, -0.2) is 4.39 Å². The molecule has 0 aliphatic rings. The van der Waals surface area contributed by atoms with Crippen molar-refractivity contribution < 1.29 is 49.7 Å². The molecule has 11 heteroatoms. The molecule has 0 saturated carbocycles. The van der Waals surface area contributed by atoms with Crippen molar-refractivity contribution in [2.24, 2.45) is 0 Å². The second kappa shape index (κ2) is 13.4. The Morgan fingerprint density at radius 1 is 0.636 bits per heavy atom. The predicted octanol–water partition coefficient (Wildman–Crippen LogP) is 7.15. The zero-order valence-electron chi connectivity index (χ0n) is 20.4. The third-order valence-electron chi connectivity index (χ3n) is 5.05. The summed E-state index contributed by atoms with van der Waals surface area (Å²) in [5, 5.41) is 0. The minimum Gasteiger partial charge on any atom is -0.379 e. The molecule has 0 aliphatic heterocycles. The van der Waals surface area contributed by atoms with Crippen molar-refractivity contribution in [1.82, 2.24) is 0 Å². The van der Waals surface area contributed by atoms with Gasteiger partial charge in [0.15, 0.2) is 0 Å². The van der Waals surface area contributed by atoms with Crippen molar-refractivity contribution in [2.75, 3.05) is 26.4 Å². The molecule has 1 unspecified atom stereocenters. The van der Waals surface area contributed by atoms with Crippen LogP contribution < -0.4 is 0 Å². The van der Waals surface area contributed by atoms with E-state index >= 15 is 13.2 Å².